The number of carboxylic acids is 1. The van der Waals surface area contributed by atoms with E-state index in [1.54, 1.807) is 12.3 Å². The summed E-state index contributed by atoms with van der Waals surface area (Å²) in [5.74, 6) is 0.540. The number of benzene rings is 2. The molecule has 1 atom stereocenters. The second-order valence-corrected chi connectivity index (χ2v) is 6.82. The molecule has 148 valence electrons. The van der Waals surface area contributed by atoms with Crippen molar-refractivity contribution in [2.24, 2.45) is 10.9 Å². The van der Waals surface area contributed by atoms with E-state index in [4.69, 9.17) is 9.84 Å². The highest BCUT2D eigenvalue weighted by Gasteiger charge is 2.06. The van der Waals surface area contributed by atoms with Gasteiger partial charge in [0.05, 0.1) is 12.3 Å². The van der Waals surface area contributed by atoms with E-state index in [2.05, 4.69) is 18.8 Å². The zero-order chi connectivity index (χ0) is 20.2. The molecule has 0 saturated heterocycles. The van der Waals surface area contributed by atoms with E-state index in [0.717, 1.165) is 41.7 Å². The third-order valence-corrected chi connectivity index (χ3v) is 4.58. The molecule has 2 aromatic carbocycles. The number of ether oxygens (including phenoxy) is 1. The Balaban J connectivity index is 1.88. The van der Waals surface area contributed by atoms with Gasteiger partial charge >= 0.3 is 5.97 Å². The first-order chi connectivity index (χ1) is 13.6. The predicted molar refractivity (Wildman–Crippen MR) is 116 cm³/mol. The van der Waals surface area contributed by atoms with Crippen LogP contribution in [0, 0.1) is 5.92 Å². The van der Waals surface area contributed by atoms with Crippen molar-refractivity contribution in [2.75, 3.05) is 6.61 Å². The maximum atomic E-state index is 10.5. The van der Waals surface area contributed by atoms with Crippen LogP contribution in [0.2, 0.25) is 0 Å². The first-order valence-corrected chi connectivity index (χ1v) is 9.88. The van der Waals surface area contributed by atoms with Gasteiger partial charge in [-0.2, -0.15) is 0 Å². The molecule has 0 aliphatic rings. The average molecular weight is 380 g/mol. The zero-order valence-corrected chi connectivity index (χ0v) is 16.7. The standard InChI is InChI=1S/C24H29NO3/c1-3-5-6-19(4-2)18-28-23-14-12-22(13-15-23)25-17-21-9-7-20(8-10-21)11-16-24(26)27/h7-17,19H,3-6,18H2,1-2H3,(H,26,27)/b16-11+,25-17?. The number of aliphatic imine (C=N–C) groups is 1. The van der Waals surface area contributed by atoms with Crippen LogP contribution in [0.1, 0.15) is 50.7 Å². The third-order valence-electron chi connectivity index (χ3n) is 4.58. The van der Waals surface area contributed by atoms with Crippen LogP contribution >= 0.6 is 0 Å². The Morgan fingerprint density at radius 2 is 1.75 bits per heavy atom. The Morgan fingerprint density at radius 3 is 2.36 bits per heavy atom. The summed E-state index contributed by atoms with van der Waals surface area (Å²) >= 11 is 0. The topological polar surface area (TPSA) is 58.9 Å². The van der Waals surface area contributed by atoms with Gasteiger partial charge < -0.3 is 9.84 Å². The number of carbonyl (C=O) groups is 1. The molecule has 0 radical (unpaired) electrons. The first kappa shape index (κ1) is 21.4. The molecule has 0 bridgehead atoms. The number of unbranched alkanes of at least 4 members (excludes halogenated alkanes) is 1. The van der Waals surface area contributed by atoms with Crippen molar-refractivity contribution in [3.8, 4) is 5.75 Å². The fourth-order valence-corrected chi connectivity index (χ4v) is 2.75. The van der Waals surface area contributed by atoms with Crippen LogP contribution in [0.15, 0.2) is 59.6 Å². The van der Waals surface area contributed by atoms with Gasteiger partial charge in [0, 0.05) is 12.3 Å². The van der Waals surface area contributed by atoms with E-state index >= 15 is 0 Å². The molecule has 1 unspecified atom stereocenters. The molecular formula is C24H29NO3. The van der Waals surface area contributed by atoms with Crippen LogP contribution < -0.4 is 4.74 Å². The summed E-state index contributed by atoms with van der Waals surface area (Å²) < 4.78 is 5.93. The highest BCUT2D eigenvalue weighted by atomic mass is 16.5. The average Bonchev–Trinajstić information content (AvgIpc) is 2.72. The van der Waals surface area contributed by atoms with Gasteiger partial charge in [-0.3, -0.25) is 4.99 Å². The third kappa shape index (κ3) is 7.78. The zero-order valence-electron chi connectivity index (χ0n) is 16.7. The Morgan fingerprint density at radius 1 is 1.07 bits per heavy atom. The number of rotatable bonds is 11. The van der Waals surface area contributed by atoms with Crippen molar-refractivity contribution in [2.45, 2.75) is 39.5 Å². The van der Waals surface area contributed by atoms with Crippen LogP contribution in [-0.4, -0.2) is 23.9 Å². The van der Waals surface area contributed by atoms with Crippen molar-refractivity contribution in [3.05, 3.63) is 65.7 Å². The van der Waals surface area contributed by atoms with Crippen molar-refractivity contribution in [1.82, 2.24) is 0 Å². The largest absolute Gasteiger partial charge is 0.493 e. The van der Waals surface area contributed by atoms with Crippen molar-refractivity contribution in [3.63, 3.8) is 0 Å². The lowest BCUT2D eigenvalue weighted by molar-refractivity contribution is -0.131. The number of aliphatic carboxylic acids is 1. The fraction of sp³-hybridized carbons (Fsp3) is 0.333. The Hall–Kier alpha value is -2.88. The molecule has 0 saturated carbocycles. The lowest BCUT2D eigenvalue weighted by atomic mass is 10.0. The van der Waals surface area contributed by atoms with Crippen molar-refractivity contribution < 1.29 is 14.6 Å². The summed E-state index contributed by atoms with van der Waals surface area (Å²) in [6.45, 7) is 5.20. The molecule has 0 amide bonds. The normalized spacial score (nSPS) is 12.5. The first-order valence-electron chi connectivity index (χ1n) is 9.88. The SMILES string of the molecule is CCCCC(CC)COc1ccc(N=Cc2ccc(/C=C/C(=O)O)cc2)cc1. The van der Waals surface area contributed by atoms with Crippen molar-refractivity contribution >= 4 is 23.9 Å². The molecule has 0 aromatic heterocycles. The highest BCUT2D eigenvalue weighted by Crippen LogP contribution is 2.20. The second kappa shape index (κ2) is 11.8. The molecular weight excluding hydrogens is 350 g/mol. The molecule has 0 spiro atoms. The van der Waals surface area contributed by atoms with Crippen LogP contribution in [0.25, 0.3) is 6.08 Å². The maximum absolute atomic E-state index is 10.5. The smallest absolute Gasteiger partial charge is 0.328 e. The monoisotopic (exact) mass is 379 g/mol. The minimum absolute atomic E-state index is 0.617. The number of nitrogens with zero attached hydrogens (tertiary/aromatic N) is 1. The van der Waals surface area contributed by atoms with E-state index in [1.165, 1.54) is 19.3 Å². The van der Waals surface area contributed by atoms with Crippen LogP contribution in [0.5, 0.6) is 5.75 Å². The lowest BCUT2D eigenvalue weighted by Crippen LogP contribution is -2.11. The maximum Gasteiger partial charge on any atom is 0.328 e. The molecule has 0 aliphatic heterocycles. The molecule has 4 heteroatoms. The van der Waals surface area contributed by atoms with Crippen molar-refractivity contribution in [1.29, 1.82) is 0 Å². The van der Waals surface area contributed by atoms with Gasteiger partial charge in [0.25, 0.3) is 0 Å². The molecule has 28 heavy (non-hydrogen) atoms. The minimum atomic E-state index is -0.954. The van der Waals surface area contributed by atoms with E-state index < -0.39 is 5.97 Å². The quantitative estimate of drug-likeness (QED) is 0.377. The van der Waals surface area contributed by atoms with E-state index in [0.29, 0.717) is 5.92 Å². The molecule has 0 aliphatic carbocycles. The van der Waals surface area contributed by atoms with Gasteiger partial charge in [0.15, 0.2) is 0 Å². The van der Waals surface area contributed by atoms with Gasteiger partial charge in [-0.15, -0.1) is 0 Å². The highest BCUT2D eigenvalue weighted by molar-refractivity contribution is 5.86. The molecule has 2 rings (SSSR count). The van der Waals surface area contributed by atoms with Gasteiger partial charge in [-0.05, 0) is 53.8 Å². The summed E-state index contributed by atoms with van der Waals surface area (Å²) in [5.41, 5.74) is 2.65. The summed E-state index contributed by atoms with van der Waals surface area (Å²) in [4.78, 5) is 15.0. The molecule has 2 aromatic rings. The van der Waals surface area contributed by atoms with E-state index in [9.17, 15) is 4.79 Å². The van der Waals surface area contributed by atoms with Gasteiger partial charge in [0.1, 0.15) is 5.75 Å². The summed E-state index contributed by atoms with van der Waals surface area (Å²) in [5, 5.41) is 8.65. The lowest BCUT2D eigenvalue weighted by Gasteiger charge is -2.15. The van der Waals surface area contributed by atoms with Gasteiger partial charge in [-0.25, -0.2) is 4.79 Å². The molecule has 0 heterocycles. The second-order valence-electron chi connectivity index (χ2n) is 6.82. The van der Waals surface area contributed by atoms with E-state index in [1.807, 2.05) is 48.5 Å². The Kier molecular flexibility index (Phi) is 8.99. The van der Waals surface area contributed by atoms with Crippen LogP contribution in [0.4, 0.5) is 5.69 Å². The minimum Gasteiger partial charge on any atom is -0.493 e. The Labute approximate surface area is 167 Å². The van der Waals surface area contributed by atoms with Gasteiger partial charge in [0.2, 0.25) is 0 Å². The number of hydrogen-bond donors (Lipinski definition) is 1. The number of hydrogen-bond acceptors (Lipinski definition) is 3. The van der Waals surface area contributed by atoms with E-state index in [-0.39, 0.29) is 0 Å². The molecule has 0 fully saturated rings. The molecule has 4 nitrogen and oxygen atoms in total. The summed E-state index contributed by atoms with van der Waals surface area (Å²) in [6, 6.07) is 15.3. The Bertz CT molecular complexity index is 777. The molecule has 1 N–H and O–H groups in total. The number of carboxylic acid groups (broad SMARTS) is 1. The summed E-state index contributed by atoms with van der Waals surface area (Å²) in [6.07, 6.45) is 9.33. The fourth-order valence-electron chi connectivity index (χ4n) is 2.75. The van der Waals surface area contributed by atoms with Crippen LogP contribution in [-0.2, 0) is 4.79 Å². The van der Waals surface area contributed by atoms with Gasteiger partial charge in [-0.1, -0.05) is 57.4 Å². The van der Waals surface area contributed by atoms with Crippen LogP contribution in [0.3, 0.4) is 0 Å². The predicted octanol–water partition coefficient (Wildman–Crippen LogP) is 6.13. The summed E-state index contributed by atoms with van der Waals surface area (Å²) in [7, 11) is 0.